The molecule has 2 N–H and O–H groups in total. The van der Waals surface area contributed by atoms with Gasteiger partial charge in [-0.05, 0) is 26.2 Å². The monoisotopic (exact) mass is 217 g/mol. The Labute approximate surface area is 94.5 Å². The van der Waals surface area contributed by atoms with Crippen LogP contribution in [-0.4, -0.2) is 34.3 Å². The maximum atomic E-state index is 9.78. The van der Waals surface area contributed by atoms with Gasteiger partial charge in [-0.25, -0.2) is 0 Å². The summed E-state index contributed by atoms with van der Waals surface area (Å²) in [5.74, 6) is 0.270. The SMILES string of the molecule is CN(C)Cc1cn[nH]c1-c1ccccc1O. The molecule has 4 nitrogen and oxygen atoms in total. The van der Waals surface area contributed by atoms with Crippen LogP contribution in [0.5, 0.6) is 5.75 Å². The lowest BCUT2D eigenvalue weighted by molar-refractivity contribution is 0.403. The van der Waals surface area contributed by atoms with Gasteiger partial charge in [-0.15, -0.1) is 0 Å². The number of H-pyrrole nitrogens is 1. The molecule has 0 radical (unpaired) electrons. The first kappa shape index (κ1) is 10.7. The van der Waals surface area contributed by atoms with Crippen LogP contribution in [0, 0.1) is 0 Å². The molecule has 0 saturated carbocycles. The minimum atomic E-state index is 0.270. The standard InChI is InChI=1S/C12H15N3O/c1-15(2)8-9-7-13-14-12(9)10-5-3-4-6-11(10)16/h3-7,16H,8H2,1-2H3,(H,13,14). The van der Waals surface area contributed by atoms with Crippen molar-refractivity contribution in [2.45, 2.75) is 6.54 Å². The zero-order valence-electron chi connectivity index (χ0n) is 9.44. The van der Waals surface area contributed by atoms with Crippen LogP contribution in [0.4, 0.5) is 0 Å². The number of phenols is 1. The van der Waals surface area contributed by atoms with E-state index in [0.29, 0.717) is 0 Å². The molecule has 0 saturated heterocycles. The molecule has 0 aliphatic heterocycles. The minimum Gasteiger partial charge on any atom is -0.507 e. The first-order valence-corrected chi connectivity index (χ1v) is 5.14. The number of nitrogens with one attached hydrogen (secondary N) is 1. The third-order valence-corrected chi connectivity index (χ3v) is 2.38. The topological polar surface area (TPSA) is 52.2 Å². The summed E-state index contributed by atoms with van der Waals surface area (Å²) in [6.45, 7) is 0.792. The normalized spacial score (nSPS) is 10.9. The molecule has 1 heterocycles. The molecule has 4 heteroatoms. The fourth-order valence-electron chi connectivity index (χ4n) is 1.69. The molecule has 0 aliphatic rings. The first-order chi connectivity index (χ1) is 7.68. The van der Waals surface area contributed by atoms with E-state index in [9.17, 15) is 5.11 Å². The highest BCUT2D eigenvalue weighted by Gasteiger charge is 2.11. The van der Waals surface area contributed by atoms with E-state index in [2.05, 4.69) is 15.1 Å². The summed E-state index contributed by atoms with van der Waals surface area (Å²) in [6, 6.07) is 7.26. The highest BCUT2D eigenvalue weighted by molar-refractivity contribution is 5.69. The Balaban J connectivity index is 2.41. The lowest BCUT2D eigenvalue weighted by Gasteiger charge is -2.10. The lowest BCUT2D eigenvalue weighted by Crippen LogP contribution is -2.10. The molecule has 0 bridgehead atoms. The summed E-state index contributed by atoms with van der Waals surface area (Å²) in [5.41, 5.74) is 2.75. The number of hydrogen-bond donors (Lipinski definition) is 2. The number of rotatable bonds is 3. The van der Waals surface area contributed by atoms with Gasteiger partial charge in [-0.2, -0.15) is 5.10 Å². The fourth-order valence-corrected chi connectivity index (χ4v) is 1.69. The maximum Gasteiger partial charge on any atom is 0.124 e. The van der Waals surface area contributed by atoms with Crippen LogP contribution in [-0.2, 0) is 6.54 Å². The van der Waals surface area contributed by atoms with E-state index in [4.69, 9.17) is 0 Å². The van der Waals surface area contributed by atoms with Crippen LogP contribution in [0.2, 0.25) is 0 Å². The van der Waals surface area contributed by atoms with Crippen LogP contribution >= 0.6 is 0 Å². The average molecular weight is 217 g/mol. The molecule has 0 unspecified atom stereocenters. The number of aromatic amines is 1. The third kappa shape index (κ3) is 2.06. The van der Waals surface area contributed by atoms with Gasteiger partial charge < -0.3 is 10.0 Å². The molecular weight excluding hydrogens is 202 g/mol. The predicted molar refractivity (Wildman–Crippen MR) is 63.1 cm³/mol. The maximum absolute atomic E-state index is 9.78. The van der Waals surface area contributed by atoms with Crippen molar-refractivity contribution in [1.29, 1.82) is 0 Å². The Kier molecular flexibility index (Phi) is 2.92. The largest absolute Gasteiger partial charge is 0.507 e. The Hall–Kier alpha value is -1.81. The zero-order valence-corrected chi connectivity index (χ0v) is 9.44. The second-order valence-corrected chi connectivity index (χ2v) is 4.03. The Morgan fingerprint density at radius 3 is 2.75 bits per heavy atom. The van der Waals surface area contributed by atoms with Crippen molar-refractivity contribution >= 4 is 0 Å². The summed E-state index contributed by atoms with van der Waals surface area (Å²) < 4.78 is 0. The molecule has 1 aromatic heterocycles. The molecule has 0 atom stereocenters. The highest BCUT2D eigenvalue weighted by Crippen LogP contribution is 2.29. The van der Waals surface area contributed by atoms with Crippen LogP contribution < -0.4 is 0 Å². The van der Waals surface area contributed by atoms with Gasteiger partial charge in [0.05, 0.1) is 11.9 Å². The van der Waals surface area contributed by atoms with Gasteiger partial charge in [0, 0.05) is 17.7 Å². The van der Waals surface area contributed by atoms with E-state index in [1.54, 1.807) is 18.3 Å². The molecule has 2 rings (SSSR count). The van der Waals surface area contributed by atoms with Crippen LogP contribution in [0.25, 0.3) is 11.3 Å². The zero-order chi connectivity index (χ0) is 11.5. The Morgan fingerprint density at radius 1 is 1.31 bits per heavy atom. The third-order valence-electron chi connectivity index (χ3n) is 2.38. The van der Waals surface area contributed by atoms with Gasteiger partial charge in [-0.1, -0.05) is 12.1 Å². The van der Waals surface area contributed by atoms with Crippen LogP contribution in [0.1, 0.15) is 5.56 Å². The van der Waals surface area contributed by atoms with Gasteiger partial charge in [0.25, 0.3) is 0 Å². The summed E-state index contributed by atoms with van der Waals surface area (Å²) in [4.78, 5) is 2.06. The molecule has 0 aliphatic carbocycles. The van der Waals surface area contributed by atoms with Crippen LogP contribution in [0.15, 0.2) is 30.5 Å². The molecule has 2 aromatic rings. The molecule has 0 amide bonds. The summed E-state index contributed by atoms with van der Waals surface area (Å²) in [7, 11) is 4.00. The molecular formula is C12H15N3O. The van der Waals surface area contributed by atoms with E-state index >= 15 is 0 Å². The number of hydrogen-bond acceptors (Lipinski definition) is 3. The van der Waals surface area contributed by atoms with Crippen molar-refractivity contribution in [2.24, 2.45) is 0 Å². The van der Waals surface area contributed by atoms with Gasteiger partial charge in [0.1, 0.15) is 5.75 Å². The summed E-state index contributed by atoms with van der Waals surface area (Å²) in [6.07, 6.45) is 1.79. The van der Waals surface area contributed by atoms with E-state index in [0.717, 1.165) is 23.4 Å². The minimum absolute atomic E-state index is 0.270. The predicted octanol–water partition coefficient (Wildman–Crippen LogP) is 1.84. The van der Waals surface area contributed by atoms with Crippen molar-refractivity contribution in [1.82, 2.24) is 15.1 Å². The molecule has 0 spiro atoms. The van der Waals surface area contributed by atoms with Crippen molar-refractivity contribution in [3.63, 3.8) is 0 Å². The van der Waals surface area contributed by atoms with Gasteiger partial charge in [-0.3, -0.25) is 5.10 Å². The number of aromatic nitrogens is 2. The van der Waals surface area contributed by atoms with Crippen LogP contribution in [0.3, 0.4) is 0 Å². The molecule has 84 valence electrons. The number of aromatic hydroxyl groups is 1. The number of benzene rings is 1. The smallest absolute Gasteiger partial charge is 0.124 e. The summed E-state index contributed by atoms with van der Waals surface area (Å²) >= 11 is 0. The van der Waals surface area contributed by atoms with E-state index in [-0.39, 0.29) is 5.75 Å². The van der Waals surface area contributed by atoms with Crippen molar-refractivity contribution < 1.29 is 5.11 Å². The number of phenolic OH excluding ortho intramolecular Hbond substituents is 1. The Bertz CT molecular complexity index is 477. The van der Waals surface area contributed by atoms with E-state index in [1.165, 1.54) is 0 Å². The fraction of sp³-hybridized carbons (Fsp3) is 0.250. The molecule has 16 heavy (non-hydrogen) atoms. The highest BCUT2D eigenvalue weighted by atomic mass is 16.3. The second kappa shape index (κ2) is 4.37. The van der Waals surface area contributed by atoms with Gasteiger partial charge in [0.15, 0.2) is 0 Å². The van der Waals surface area contributed by atoms with Crippen molar-refractivity contribution in [3.05, 3.63) is 36.0 Å². The second-order valence-electron chi connectivity index (χ2n) is 4.03. The van der Waals surface area contributed by atoms with Crippen molar-refractivity contribution in [3.8, 4) is 17.0 Å². The lowest BCUT2D eigenvalue weighted by atomic mass is 10.1. The summed E-state index contributed by atoms with van der Waals surface area (Å²) in [5, 5.41) is 16.7. The van der Waals surface area contributed by atoms with Gasteiger partial charge in [0.2, 0.25) is 0 Å². The average Bonchev–Trinajstić information content (AvgIpc) is 2.66. The molecule has 0 fully saturated rings. The van der Waals surface area contributed by atoms with Gasteiger partial charge >= 0.3 is 0 Å². The number of nitrogens with zero attached hydrogens (tertiary/aromatic N) is 2. The quantitative estimate of drug-likeness (QED) is 0.824. The van der Waals surface area contributed by atoms with E-state index in [1.807, 2.05) is 26.2 Å². The van der Waals surface area contributed by atoms with E-state index < -0.39 is 0 Å². The molecule has 1 aromatic carbocycles. The number of para-hydroxylation sites is 1. The van der Waals surface area contributed by atoms with Crippen molar-refractivity contribution in [2.75, 3.05) is 14.1 Å². The first-order valence-electron chi connectivity index (χ1n) is 5.14. The Morgan fingerprint density at radius 2 is 2.06 bits per heavy atom.